The van der Waals surface area contributed by atoms with Crippen molar-refractivity contribution in [3.63, 3.8) is 0 Å². The zero-order valence-electron chi connectivity index (χ0n) is 8.14. The van der Waals surface area contributed by atoms with Crippen LogP contribution in [0.5, 0.6) is 0 Å². The lowest BCUT2D eigenvalue weighted by molar-refractivity contribution is 0.574. The Morgan fingerprint density at radius 3 is 3.20 bits per heavy atom. The van der Waals surface area contributed by atoms with Gasteiger partial charge < -0.3 is 5.73 Å². The van der Waals surface area contributed by atoms with E-state index in [-0.39, 0.29) is 0 Å². The van der Waals surface area contributed by atoms with E-state index in [0.717, 1.165) is 24.3 Å². The van der Waals surface area contributed by atoms with Gasteiger partial charge in [0.05, 0.1) is 16.1 Å². The number of aryl methyl sites for hydroxylation is 1. The largest absolute Gasteiger partial charge is 0.327 e. The maximum absolute atomic E-state index is 5.93. The molecular formula is C10H11N3S2. The van der Waals surface area contributed by atoms with E-state index in [9.17, 15) is 0 Å². The summed E-state index contributed by atoms with van der Waals surface area (Å²) in [7, 11) is 0. The predicted molar refractivity (Wildman–Crippen MR) is 63.2 cm³/mol. The standard InChI is InChI=1S/C10H11N3S2/c11-6-1-2-8-7(3-6)13-10(15-8)9-4-12-5-14-9/h4-6H,1-3,11H2. The lowest BCUT2D eigenvalue weighted by atomic mass is 9.99. The Hall–Kier alpha value is -0.780. The predicted octanol–water partition coefficient (Wildman–Crippen LogP) is 2.08. The Morgan fingerprint density at radius 2 is 2.40 bits per heavy atom. The van der Waals surface area contributed by atoms with Crippen molar-refractivity contribution in [2.24, 2.45) is 5.73 Å². The van der Waals surface area contributed by atoms with Gasteiger partial charge in [0.15, 0.2) is 0 Å². The second-order valence-electron chi connectivity index (χ2n) is 3.76. The molecule has 15 heavy (non-hydrogen) atoms. The van der Waals surface area contributed by atoms with Gasteiger partial charge >= 0.3 is 0 Å². The molecule has 0 radical (unpaired) electrons. The number of hydrogen-bond acceptors (Lipinski definition) is 5. The summed E-state index contributed by atoms with van der Waals surface area (Å²) >= 11 is 3.44. The van der Waals surface area contributed by atoms with Crippen molar-refractivity contribution in [1.82, 2.24) is 9.97 Å². The van der Waals surface area contributed by atoms with Gasteiger partial charge in [0.2, 0.25) is 0 Å². The average Bonchev–Trinajstić information content (AvgIpc) is 2.84. The fraction of sp³-hybridized carbons (Fsp3) is 0.400. The Labute approximate surface area is 96.0 Å². The van der Waals surface area contributed by atoms with E-state index in [4.69, 9.17) is 5.73 Å². The first kappa shape index (κ1) is 9.45. The van der Waals surface area contributed by atoms with Gasteiger partial charge in [-0.25, -0.2) is 4.98 Å². The molecule has 0 spiro atoms. The van der Waals surface area contributed by atoms with Crippen LogP contribution in [0.15, 0.2) is 11.7 Å². The molecule has 1 atom stereocenters. The van der Waals surface area contributed by atoms with Gasteiger partial charge in [0.1, 0.15) is 5.01 Å². The molecule has 5 heteroatoms. The lowest BCUT2D eigenvalue weighted by Crippen LogP contribution is -2.27. The molecule has 3 nitrogen and oxygen atoms in total. The van der Waals surface area contributed by atoms with Gasteiger partial charge in [-0.3, -0.25) is 4.98 Å². The zero-order valence-corrected chi connectivity index (χ0v) is 9.77. The second kappa shape index (κ2) is 3.66. The van der Waals surface area contributed by atoms with Crippen molar-refractivity contribution < 1.29 is 0 Å². The van der Waals surface area contributed by atoms with E-state index in [1.807, 2.05) is 11.7 Å². The summed E-state index contributed by atoms with van der Waals surface area (Å²) in [5.41, 5.74) is 8.99. The minimum Gasteiger partial charge on any atom is -0.327 e. The molecule has 0 aliphatic heterocycles. The van der Waals surface area contributed by atoms with Crippen LogP contribution in [0.25, 0.3) is 9.88 Å². The van der Waals surface area contributed by atoms with Crippen molar-refractivity contribution in [1.29, 1.82) is 0 Å². The highest BCUT2D eigenvalue weighted by atomic mass is 32.1. The summed E-state index contributed by atoms with van der Waals surface area (Å²) in [4.78, 5) is 11.3. The number of nitrogens with zero attached hydrogens (tertiary/aromatic N) is 2. The van der Waals surface area contributed by atoms with Crippen molar-refractivity contribution in [2.75, 3.05) is 0 Å². The van der Waals surface area contributed by atoms with Crippen molar-refractivity contribution in [3.8, 4) is 9.88 Å². The normalized spacial score (nSPS) is 20.2. The van der Waals surface area contributed by atoms with Gasteiger partial charge in [-0.05, 0) is 12.8 Å². The van der Waals surface area contributed by atoms with Crippen molar-refractivity contribution >= 4 is 22.7 Å². The zero-order chi connectivity index (χ0) is 10.3. The maximum Gasteiger partial charge on any atom is 0.135 e. The molecule has 2 heterocycles. The van der Waals surface area contributed by atoms with E-state index in [0.29, 0.717) is 6.04 Å². The molecule has 2 aromatic rings. The molecule has 1 unspecified atom stereocenters. The SMILES string of the molecule is NC1CCc2sc(-c3cncs3)nc2C1. The summed E-state index contributed by atoms with van der Waals surface area (Å²) in [6, 6.07) is 0.300. The van der Waals surface area contributed by atoms with Crippen LogP contribution < -0.4 is 5.73 Å². The van der Waals surface area contributed by atoms with Gasteiger partial charge in [-0.2, -0.15) is 0 Å². The average molecular weight is 237 g/mol. The molecule has 0 fully saturated rings. The van der Waals surface area contributed by atoms with Crippen LogP contribution in [0.1, 0.15) is 17.0 Å². The quantitative estimate of drug-likeness (QED) is 0.826. The third-order valence-corrected chi connectivity index (χ3v) is 4.72. The van der Waals surface area contributed by atoms with E-state index in [1.54, 1.807) is 22.7 Å². The molecule has 3 rings (SSSR count). The number of rotatable bonds is 1. The summed E-state index contributed by atoms with van der Waals surface area (Å²) < 4.78 is 0. The molecule has 0 bridgehead atoms. The molecule has 2 N–H and O–H groups in total. The highest BCUT2D eigenvalue weighted by Gasteiger charge is 2.20. The van der Waals surface area contributed by atoms with Crippen LogP contribution in [-0.2, 0) is 12.8 Å². The molecule has 0 saturated carbocycles. The maximum atomic E-state index is 5.93. The Balaban J connectivity index is 2.00. The Kier molecular flexibility index (Phi) is 2.31. The first-order chi connectivity index (χ1) is 7.33. The van der Waals surface area contributed by atoms with E-state index in [1.165, 1.54) is 15.4 Å². The van der Waals surface area contributed by atoms with Crippen molar-refractivity contribution in [2.45, 2.75) is 25.3 Å². The van der Waals surface area contributed by atoms with Crippen LogP contribution in [0.2, 0.25) is 0 Å². The molecule has 0 aromatic carbocycles. The van der Waals surface area contributed by atoms with Crippen LogP contribution in [0.4, 0.5) is 0 Å². The van der Waals surface area contributed by atoms with Gasteiger partial charge in [0, 0.05) is 23.5 Å². The molecule has 2 aromatic heterocycles. The first-order valence-electron chi connectivity index (χ1n) is 4.96. The van der Waals surface area contributed by atoms with Gasteiger partial charge in [0.25, 0.3) is 0 Å². The minimum atomic E-state index is 0.300. The van der Waals surface area contributed by atoms with E-state index in [2.05, 4.69) is 9.97 Å². The highest BCUT2D eigenvalue weighted by molar-refractivity contribution is 7.20. The number of fused-ring (bicyclic) bond motifs is 1. The summed E-state index contributed by atoms with van der Waals surface area (Å²) in [5.74, 6) is 0. The van der Waals surface area contributed by atoms with Gasteiger partial charge in [-0.1, -0.05) is 0 Å². The smallest absolute Gasteiger partial charge is 0.135 e. The lowest BCUT2D eigenvalue weighted by Gasteiger charge is -2.15. The highest BCUT2D eigenvalue weighted by Crippen LogP contribution is 2.33. The number of hydrogen-bond donors (Lipinski definition) is 1. The molecular weight excluding hydrogens is 226 g/mol. The topological polar surface area (TPSA) is 51.8 Å². The molecule has 1 aliphatic rings. The fourth-order valence-electron chi connectivity index (χ4n) is 1.83. The number of thiazole rings is 2. The van der Waals surface area contributed by atoms with Crippen LogP contribution in [0.3, 0.4) is 0 Å². The van der Waals surface area contributed by atoms with Crippen LogP contribution >= 0.6 is 22.7 Å². The second-order valence-corrected chi connectivity index (χ2v) is 5.73. The third kappa shape index (κ3) is 1.71. The first-order valence-corrected chi connectivity index (χ1v) is 6.65. The third-order valence-electron chi connectivity index (χ3n) is 2.62. The fourth-order valence-corrected chi connectivity index (χ4v) is 3.61. The van der Waals surface area contributed by atoms with Crippen LogP contribution in [-0.4, -0.2) is 16.0 Å². The van der Waals surface area contributed by atoms with Gasteiger partial charge in [-0.15, -0.1) is 22.7 Å². The summed E-state index contributed by atoms with van der Waals surface area (Å²) in [6.07, 6.45) is 5.00. The van der Waals surface area contributed by atoms with Crippen LogP contribution in [0, 0.1) is 0 Å². The number of aromatic nitrogens is 2. The Bertz CT molecular complexity index is 461. The molecule has 1 aliphatic carbocycles. The monoisotopic (exact) mass is 237 g/mol. The number of nitrogens with two attached hydrogens (primary N) is 1. The van der Waals surface area contributed by atoms with E-state index < -0.39 is 0 Å². The van der Waals surface area contributed by atoms with E-state index >= 15 is 0 Å². The molecule has 78 valence electrons. The Morgan fingerprint density at radius 1 is 1.47 bits per heavy atom. The summed E-state index contributed by atoms with van der Waals surface area (Å²) in [5, 5.41) is 1.11. The summed E-state index contributed by atoms with van der Waals surface area (Å²) in [6.45, 7) is 0. The molecule has 0 saturated heterocycles. The minimum absolute atomic E-state index is 0.300. The molecule has 0 amide bonds. The van der Waals surface area contributed by atoms with Crippen molar-refractivity contribution in [3.05, 3.63) is 22.3 Å².